The molecule has 1 aliphatic carbocycles. The van der Waals surface area contributed by atoms with E-state index >= 15 is 0 Å². The van der Waals surface area contributed by atoms with Crippen molar-refractivity contribution in [2.24, 2.45) is 0 Å². The molecular weight excluding hydrogens is 586 g/mol. The van der Waals surface area contributed by atoms with Crippen molar-refractivity contribution in [1.82, 2.24) is 10.2 Å². The lowest BCUT2D eigenvalue weighted by Crippen LogP contribution is -2.53. The first kappa shape index (κ1) is 32.4. The van der Waals surface area contributed by atoms with Crippen molar-refractivity contribution in [2.45, 2.75) is 76.4 Å². The lowest BCUT2D eigenvalue weighted by molar-refractivity contribution is -0.140. The molecule has 8 nitrogen and oxygen atoms in total. The molecule has 1 atom stereocenters. The number of rotatable bonds is 12. The van der Waals surface area contributed by atoms with Crippen molar-refractivity contribution in [3.63, 3.8) is 0 Å². The van der Waals surface area contributed by atoms with Crippen LogP contribution in [0.15, 0.2) is 71.6 Å². The summed E-state index contributed by atoms with van der Waals surface area (Å²) in [7, 11) is -2.59. The van der Waals surface area contributed by atoms with E-state index in [4.69, 9.17) is 16.3 Å². The minimum atomic E-state index is -4.17. The van der Waals surface area contributed by atoms with Crippen LogP contribution in [0.3, 0.4) is 0 Å². The fourth-order valence-electron chi connectivity index (χ4n) is 5.36. The molecule has 1 N–H and O–H groups in total. The highest BCUT2D eigenvalue weighted by molar-refractivity contribution is 7.92. The molecule has 0 saturated heterocycles. The van der Waals surface area contributed by atoms with Crippen LogP contribution in [0.4, 0.5) is 5.69 Å². The minimum absolute atomic E-state index is 0.00986. The first-order chi connectivity index (χ1) is 20.5. The normalized spacial score (nSPS) is 14.3. The van der Waals surface area contributed by atoms with Gasteiger partial charge in [-0.05, 0) is 98.3 Å². The highest BCUT2D eigenvalue weighted by Crippen LogP contribution is 2.28. The van der Waals surface area contributed by atoms with Crippen LogP contribution in [0.25, 0.3) is 0 Å². The summed E-state index contributed by atoms with van der Waals surface area (Å²) in [5.41, 5.74) is 3.03. The average Bonchev–Trinajstić information content (AvgIpc) is 3.50. The summed E-state index contributed by atoms with van der Waals surface area (Å²) in [6, 6.07) is 17.7. The van der Waals surface area contributed by atoms with Crippen LogP contribution in [-0.4, -0.2) is 50.9 Å². The van der Waals surface area contributed by atoms with Gasteiger partial charge in [0.05, 0.1) is 17.7 Å². The number of nitrogens with one attached hydrogen (secondary N) is 1. The predicted octanol–water partition coefficient (Wildman–Crippen LogP) is 6.03. The summed E-state index contributed by atoms with van der Waals surface area (Å²) in [4.78, 5) is 29.4. The van der Waals surface area contributed by atoms with E-state index in [1.165, 1.54) is 29.2 Å². The van der Waals surface area contributed by atoms with Gasteiger partial charge in [-0.2, -0.15) is 0 Å². The van der Waals surface area contributed by atoms with Crippen molar-refractivity contribution in [2.75, 3.05) is 18.0 Å². The molecule has 0 heterocycles. The predicted molar refractivity (Wildman–Crippen MR) is 170 cm³/mol. The van der Waals surface area contributed by atoms with Gasteiger partial charge in [0.1, 0.15) is 18.3 Å². The lowest BCUT2D eigenvalue weighted by atomic mass is 10.1. The van der Waals surface area contributed by atoms with Gasteiger partial charge in [-0.3, -0.25) is 13.9 Å². The first-order valence-electron chi connectivity index (χ1n) is 14.6. The number of carbonyl (C=O) groups excluding carboxylic acids is 2. The van der Waals surface area contributed by atoms with Gasteiger partial charge in [-0.15, -0.1) is 0 Å². The molecule has 0 aliphatic heterocycles. The molecule has 1 aliphatic rings. The van der Waals surface area contributed by atoms with E-state index < -0.39 is 28.5 Å². The largest absolute Gasteiger partial charge is 0.497 e. The van der Waals surface area contributed by atoms with Gasteiger partial charge < -0.3 is 15.0 Å². The molecule has 1 saturated carbocycles. The van der Waals surface area contributed by atoms with Crippen LogP contribution >= 0.6 is 11.6 Å². The summed E-state index contributed by atoms with van der Waals surface area (Å²) >= 11 is 6.04. The van der Waals surface area contributed by atoms with Gasteiger partial charge in [0.15, 0.2) is 0 Å². The van der Waals surface area contributed by atoms with E-state index in [0.29, 0.717) is 22.9 Å². The maximum Gasteiger partial charge on any atom is 0.264 e. The Bertz CT molecular complexity index is 1520. The number of halogens is 1. The zero-order chi connectivity index (χ0) is 31.1. The molecule has 0 spiro atoms. The summed E-state index contributed by atoms with van der Waals surface area (Å²) in [5, 5.41) is 3.53. The number of amides is 2. The Hall–Kier alpha value is -3.56. The number of anilines is 1. The third-order valence-corrected chi connectivity index (χ3v) is 10.1. The monoisotopic (exact) mass is 625 g/mol. The van der Waals surface area contributed by atoms with E-state index in [-0.39, 0.29) is 23.4 Å². The molecule has 10 heteroatoms. The lowest BCUT2D eigenvalue weighted by Gasteiger charge is -2.34. The molecular formula is C33H40ClN3O5S. The molecule has 2 amide bonds. The van der Waals surface area contributed by atoms with Gasteiger partial charge in [-0.1, -0.05) is 49.6 Å². The number of hydrogen-bond acceptors (Lipinski definition) is 5. The van der Waals surface area contributed by atoms with E-state index in [1.54, 1.807) is 31.4 Å². The average molecular weight is 626 g/mol. The quantitative estimate of drug-likeness (QED) is 0.265. The van der Waals surface area contributed by atoms with Crippen LogP contribution < -0.4 is 14.4 Å². The van der Waals surface area contributed by atoms with Gasteiger partial charge >= 0.3 is 0 Å². The smallest absolute Gasteiger partial charge is 0.264 e. The van der Waals surface area contributed by atoms with Crippen LogP contribution in [0.5, 0.6) is 5.75 Å². The zero-order valence-electron chi connectivity index (χ0n) is 25.2. The second kappa shape index (κ2) is 14.3. The number of aryl methyl sites for hydroxylation is 2. The maximum atomic E-state index is 14.3. The number of hydrogen-bond donors (Lipinski definition) is 1. The standard InChI is InChI=1S/C33H40ClN3O5S/c1-5-31(33(39)35-27-8-6-7-9-27)36(21-25-11-16-29(42-4)17-12-25)32(38)22-37(28-15-10-23(2)24(3)20-28)43(40,41)30-18-13-26(34)14-19-30/h10-20,27,31H,5-9,21-22H2,1-4H3,(H,35,39)/t31-/m0/s1. The molecule has 0 radical (unpaired) electrons. The number of nitrogens with zero attached hydrogens (tertiary/aromatic N) is 2. The van der Waals surface area contributed by atoms with Gasteiger partial charge in [0, 0.05) is 17.6 Å². The summed E-state index contributed by atoms with van der Waals surface area (Å²) in [6.45, 7) is 5.33. The first-order valence-corrected chi connectivity index (χ1v) is 16.4. The van der Waals surface area contributed by atoms with E-state index in [1.807, 2.05) is 39.0 Å². The molecule has 43 heavy (non-hydrogen) atoms. The molecule has 0 aromatic heterocycles. The summed E-state index contributed by atoms with van der Waals surface area (Å²) in [6.07, 6.45) is 4.31. The Kier molecular flexibility index (Phi) is 10.7. The molecule has 0 bridgehead atoms. The summed E-state index contributed by atoms with van der Waals surface area (Å²) < 4.78 is 34.5. The van der Waals surface area contributed by atoms with Crippen LogP contribution in [-0.2, 0) is 26.2 Å². The Morgan fingerprint density at radius 1 is 0.977 bits per heavy atom. The SMILES string of the molecule is CC[C@@H](C(=O)NC1CCCC1)N(Cc1ccc(OC)cc1)C(=O)CN(c1ccc(C)c(C)c1)S(=O)(=O)c1ccc(Cl)cc1. The van der Waals surface area contributed by atoms with Gasteiger partial charge in [-0.25, -0.2) is 8.42 Å². The maximum absolute atomic E-state index is 14.3. The van der Waals surface area contributed by atoms with Crippen LogP contribution in [0.1, 0.15) is 55.7 Å². The topological polar surface area (TPSA) is 96.0 Å². The molecule has 4 rings (SSSR count). The number of ether oxygens (including phenoxy) is 1. The molecule has 230 valence electrons. The fourth-order valence-corrected chi connectivity index (χ4v) is 6.89. The summed E-state index contributed by atoms with van der Waals surface area (Å²) in [5.74, 6) is -0.0443. The van der Waals surface area contributed by atoms with Crippen LogP contribution in [0, 0.1) is 13.8 Å². The molecule has 0 unspecified atom stereocenters. The van der Waals surface area contributed by atoms with E-state index in [9.17, 15) is 18.0 Å². The molecule has 3 aromatic carbocycles. The number of carbonyl (C=O) groups is 2. The van der Waals surface area contributed by atoms with E-state index in [2.05, 4.69) is 5.32 Å². The zero-order valence-corrected chi connectivity index (χ0v) is 26.7. The number of methoxy groups -OCH3 is 1. The molecule has 3 aromatic rings. The minimum Gasteiger partial charge on any atom is -0.497 e. The highest BCUT2D eigenvalue weighted by atomic mass is 35.5. The van der Waals surface area contributed by atoms with Crippen molar-refractivity contribution in [1.29, 1.82) is 0 Å². The third-order valence-electron chi connectivity index (χ3n) is 8.06. The molecule has 1 fully saturated rings. The van der Waals surface area contributed by atoms with Crippen molar-refractivity contribution < 1.29 is 22.7 Å². The fraction of sp³-hybridized carbons (Fsp3) is 0.394. The highest BCUT2D eigenvalue weighted by Gasteiger charge is 2.34. The van der Waals surface area contributed by atoms with Gasteiger partial charge in [0.25, 0.3) is 10.0 Å². The number of benzene rings is 3. The van der Waals surface area contributed by atoms with Gasteiger partial charge in [0.2, 0.25) is 11.8 Å². The second-order valence-corrected chi connectivity index (χ2v) is 13.3. The Labute approximate surface area is 260 Å². The van der Waals surface area contributed by atoms with E-state index in [0.717, 1.165) is 46.7 Å². The Morgan fingerprint density at radius 3 is 2.21 bits per heavy atom. The van der Waals surface area contributed by atoms with Crippen molar-refractivity contribution in [3.05, 3.63) is 88.4 Å². The third kappa shape index (κ3) is 7.89. The Balaban J connectivity index is 1.73. The van der Waals surface area contributed by atoms with Crippen LogP contribution in [0.2, 0.25) is 5.02 Å². The van der Waals surface area contributed by atoms with Crippen molar-refractivity contribution >= 4 is 39.1 Å². The second-order valence-electron chi connectivity index (χ2n) is 11.0. The number of sulfonamides is 1. The van der Waals surface area contributed by atoms with Crippen molar-refractivity contribution in [3.8, 4) is 5.75 Å². The Morgan fingerprint density at radius 2 is 1.63 bits per heavy atom.